The first kappa shape index (κ1) is 23.0. The second-order valence-corrected chi connectivity index (χ2v) is 10.9. The summed E-state index contributed by atoms with van der Waals surface area (Å²) in [6.45, 7) is 3.67. The van der Waals surface area contributed by atoms with Gasteiger partial charge < -0.3 is 11.5 Å². The molecule has 2 bridgehead atoms. The summed E-state index contributed by atoms with van der Waals surface area (Å²) in [6, 6.07) is 9.25. The maximum Gasteiger partial charge on any atom is 0.241 e. The lowest BCUT2D eigenvalue weighted by atomic mass is 9.66. The molecule has 3 aliphatic rings. The summed E-state index contributed by atoms with van der Waals surface area (Å²) in [7, 11) is -2.11. The van der Waals surface area contributed by atoms with Crippen LogP contribution in [0.5, 0.6) is 0 Å². The number of anilines is 1. The summed E-state index contributed by atoms with van der Waals surface area (Å²) in [5.74, 6) is 0.313. The second kappa shape index (κ2) is 7.97. The van der Waals surface area contributed by atoms with Gasteiger partial charge in [0.1, 0.15) is 5.82 Å². The van der Waals surface area contributed by atoms with E-state index in [1.165, 1.54) is 0 Å². The molecule has 9 heteroatoms. The molecule has 3 aliphatic carbocycles. The molecule has 2 aromatic rings. The lowest BCUT2D eigenvalue weighted by molar-refractivity contribution is 0.161. The summed E-state index contributed by atoms with van der Waals surface area (Å²) in [5.41, 5.74) is 15.5. The standard InChI is InChI=1S/C24H28N6O2S/c1-15-4-5-18(33(31,32)30-24-7-6-23(12-24,13-24)14-25)9-19(15)17-8-20(22(27)29-10-17)21(11-28-3)16(2)26/h4-5,8-11,30H,6-7,12-13,26H2,1-3H3,(H2,27,29). The van der Waals surface area contributed by atoms with Crippen molar-refractivity contribution in [2.24, 2.45) is 16.1 Å². The highest BCUT2D eigenvalue weighted by molar-refractivity contribution is 7.89. The number of allylic oxidation sites excluding steroid dienone is 2. The van der Waals surface area contributed by atoms with Crippen molar-refractivity contribution in [3.63, 3.8) is 0 Å². The minimum Gasteiger partial charge on any atom is -0.402 e. The third-order valence-electron chi connectivity index (χ3n) is 6.75. The number of nitriles is 1. The SMILES string of the molecule is CN=CC(=C(C)N)c1cc(-c2cc(S(=O)(=O)NC34CCC(C#N)(C3)C4)ccc2C)cnc1N. The van der Waals surface area contributed by atoms with E-state index in [0.717, 1.165) is 23.1 Å². The van der Waals surface area contributed by atoms with Crippen LogP contribution in [0, 0.1) is 23.7 Å². The predicted octanol–water partition coefficient (Wildman–Crippen LogP) is 3.14. The van der Waals surface area contributed by atoms with Crippen molar-refractivity contribution in [1.29, 1.82) is 5.26 Å². The van der Waals surface area contributed by atoms with E-state index in [2.05, 4.69) is 20.8 Å². The van der Waals surface area contributed by atoms with Gasteiger partial charge in [-0.05, 0) is 68.9 Å². The molecule has 0 radical (unpaired) electrons. The second-order valence-electron chi connectivity index (χ2n) is 9.25. The Balaban J connectivity index is 1.71. The van der Waals surface area contributed by atoms with Crippen LogP contribution in [0.25, 0.3) is 16.7 Å². The third-order valence-corrected chi connectivity index (χ3v) is 8.32. The molecule has 172 valence electrons. The van der Waals surface area contributed by atoms with E-state index < -0.39 is 15.6 Å². The van der Waals surface area contributed by atoms with Crippen LogP contribution in [-0.4, -0.2) is 32.2 Å². The fourth-order valence-electron chi connectivity index (χ4n) is 5.11. The van der Waals surface area contributed by atoms with Crippen molar-refractivity contribution in [3.05, 3.63) is 47.3 Å². The molecule has 0 saturated heterocycles. The van der Waals surface area contributed by atoms with E-state index in [1.54, 1.807) is 44.6 Å². The molecule has 0 aliphatic heterocycles. The lowest BCUT2D eigenvalue weighted by Gasteiger charge is -2.43. The van der Waals surface area contributed by atoms with Gasteiger partial charge in [-0.1, -0.05) is 6.07 Å². The molecule has 0 atom stereocenters. The van der Waals surface area contributed by atoms with Crippen LogP contribution in [0.15, 0.2) is 46.0 Å². The van der Waals surface area contributed by atoms with Crippen molar-refractivity contribution < 1.29 is 8.42 Å². The van der Waals surface area contributed by atoms with E-state index in [0.29, 0.717) is 41.9 Å². The van der Waals surface area contributed by atoms with E-state index in [-0.39, 0.29) is 10.3 Å². The van der Waals surface area contributed by atoms with Crippen LogP contribution in [-0.2, 0) is 10.0 Å². The first-order valence-electron chi connectivity index (χ1n) is 10.7. The summed E-state index contributed by atoms with van der Waals surface area (Å²) < 4.78 is 29.4. The van der Waals surface area contributed by atoms with Crippen LogP contribution < -0.4 is 16.2 Å². The summed E-state index contributed by atoms with van der Waals surface area (Å²) >= 11 is 0. The molecule has 0 unspecified atom stereocenters. The Bertz CT molecular complexity index is 1330. The number of nitrogens with zero attached hydrogens (tertiary/aromatic N) is 3. The number of hydrogen-bond donors (Lipinski definition) is 3. The highest BCUT2D eigenvalue weighted by atomic mass is 32.2. The summed E-state index contributed by atoms with van der Waals surface area (Å²) in [6.07, 6.45) is 5.84. The van der Waals surface area contributed by atoms with Crippen molar-refractivity contribution in [1.82, 2.24) is 9.71 Å². The molecule has 5 rings (SSSR count). The van der Waals surface area contributed by atoms with Crippen molar-refractivity contribution >= 4 is 27.6 Å². The molecule has 1 aromatic heterocycles. The molecular weight excluding hydrogens is 436 g/mol. The number of nitrogens with one attached hydrogen (secondary N) is 1. The number of aryl methyl sites for hydroxylation is 1. The van der Waals surface area contributed by atoms with E-state index in [4.69, 9.17) is 11.5 Å². The molecular formula is C24H28N6O2S. The van der Waals surface area contributed by atoms with Gasteiger partial charge in [-0.2, -0.15) is 5.26 Å². The Morgan fingerprint density at radius 2 is 2.03 bits per heavy atom. The van der Waals surface area contributed by atoms with Crippen molar-refractivity contribution in [2.75, 3.05) is 12.8 Å². The average molecular weight is 465 g/mol. The quantitative estimate of drug-likeness (QED) is 0.560. The number of aliphatic imine (C=N–C) groups is 1. The molecule has 5 N–H and O–H groups in total. The normalized spacial score (nSPS) is 24.9. The number of fused-ring (bicyclic) bond motifs is 1. The molecule has 0 spiro atoms. The predicted molar refractivity (Wildman–Crippen MR) is 130 cm³/mol. The van der Waals surface area contributed by atoms with Gasteiger partial charge in [0.15, 0.2) is 0 Å². The zero-order valence-electron chi connectivity index (χ0n) is 19.0. The maximum atomic E-state index is 13.2. The molecule has 3 fully saturated rings. The number of rotatable bonds is 6. The number of nitrogens with two attached hydrogens (primary N) is 2. The van der Waals surface area contributed by atoms with Crippen LogP contribution >= 0.6 is 0 Å². The zero-order valence-corrected chi connectivity index (χ0v) is 19.8. The van der Waals surface area contributed by atoms with Crippen molar-refractivity contribution in [2.45, 2.75) is 50.0 Å². The molecule has 1 aromatic carbocycles. The van der Waals surface area contributed by atoms with Crippen LogP contribution in [0.1, 0.15) is 43.7 Å². The number of benzene rings is 1. The topological polar surface area (TPSA) is 147 Å². The minimum atomic E-state index is -3.76. The molecule has 3 saturated carbocycles. The van der Waals surface area contributed by atoms with Crippen LogP contribution in [0.2, 0.25) is 0 Å². The number of sulfonamides is 1. The van der Waals surface area contributed by atoms with Gasteiger partial charge >= 0.3 is 0 Å². The summed E-state index contributed by atoms with van der Waals surface area (Å²) in [4.78, 5) is 8.56. The number of aromatic nitrogens is 1. The van der Waals surface area contributed by atoms with E-state index in [9.17, 15) is 13.7 Å². The fraction of sp³-hybridized carbons (Fsp3) is 0.375. The van der Waals surface area contributed by atoms with E-state index >= 15 is 0 Å². The number of hydrogen-bond acceptors (Lipinski definition) is 7. The van der Waals surface area contributed by atoms with E-state index in [1.807, 2.05) is 13.0 Å². The largest absolute Gasteiger partial charge is 0.402 e. The smallest absolute Gasteiger partial charge is 0.241 e. The minimum absolute atomic E-state index is 0.179. The van der Waals surface area contributed by atoms with Gasteiger partial charge in [-0.25, -0.2) is 18.1 Å². The van der Waals surface area contributed by atoms with Gasteiger partial charge in [0.2, 0.25) is 10.0 Å². The van der Waals surface area contributed by atoms with Crippen LogP contribution in [0.3, 0.4) is 0 Å². The first-order valence-corrected chi connectivity index (χ1v) is 12.2. The summed E-state index contributed by atoms with van der Waals surface area (Å²) in [5, 5.41) is 9.37. The Labute approximate surface area is 194 Å². The average Bonchev–Trinajstić information content (AvgIpc) is 3.28. The first-order chi connectivity index (χ1) is 15.5. The number of nitrogen functional groups attached to an aromatic ring is 1. The van der Waals surface area contributed by atoms with Gasteiger partial charge in [0, 0.05) is 47.4 Å². The number of pyridine rings is 1. The van der Waals surface area contributed by atoms with Crippen molar-refractivity contribution in [3.8, 4) is 17.2 Å². The highest BCUT2D eigenvalue weighted by Gasteiger charge is 2.62. The Hall–Kier alpha value is -3.22. The third kappa shape index (κ3) is 4.01. The highest BCUT2D eigenvalue weighted by Crippen LogP contribution is 2.61. The maximum absolute atomic E-state index is 13.2. The molecule has 1 heterocycles. The molecule has 33 heavy (non-hydrogen) atoms. The molecule has 0 amide bonds. The Kier molecular flexibility index (Phi) is 5.55. The Morgan fingerprint density at radius 3 is 2.64 bits per heavy atom. The van der Waals surface area contributed by atoms with Gasteiger partial charge in [-0.15, -0.1) is 0 Å². The monoisotopic (exact) mass is 464 g/mol. The van der Waals surface area contributed by atoms with Crippen LogP contribution in [0.4, 0.5) is 5.82 Å². The fourth-order valence-corrected chi connectivity index (χ4v) is 6.56. The van der Waals surface area contributed by atoms with Gasteiger partial charge in [-0.3, -0.25) is 4.99 Å². The Morgan fingerprint density at radius 1 is 1.30 bits per heavy atom. The van der Waals surface area contributed by atoms with Gasteiger partial charge in [0.25, 0.3) is 0 Å². The molecule has 8 nitrogen and oxygen atoms in total. The zero-order chi connectivity index (χ0) is 24.0. The van der Waals surface area contributed by atoms with Gasteiger partial charge in [0.05, 0.1) is 16.4 Å². The lowest BCUT2D eigenvalue weighted by Crippen LogP contribution is -2.55.